The fourth-order valence-electron chi connectivity index (χ4n) is 1.26. The third-order valence-electron chi connectivity index (χ3n) is 2.47. The van der Waals surface area contributed by atoms with E-state index in [2.05, 4.69) is 51.4 Å². The molecule has 0 radical (unpaired) electrons. The third-order valence-corrected chi connectivity index (χ3v) is 4.28. The van der Waals surface area contributed by atoms with Crippen LogP contribution in [0.2, 0.25) is 0 Å². The lowest BCUT2D eigenvalue weighted by Gasteiger charge is -2.19. The Kier molecular flexibility index (Phi) is 4.92. The number of urea groups is 1. The van der Waals surface area contributed by atoms with Crippen molar-refractivity contribution in [1.82, 2.24) is 7.85 Å². The van der Waals surface area contributed by atoms with Crippen molar-refractivity contribution < 1.29 is 9.59 Å². The van der Waals surface area contributed by atoms with Crippen molar-refractivity contribution >= 4 is 44.2 Å². The Morgan fingerprint density at radius 1 is 1.06 bits per heavy atom. The molecule has 0 aromatic heterocycles. The summed E-state index contributed by atoms with van der Waals surface area (Å²) in [6, 6.07) is 9.86. The minimum absolute atomic E-state index is 0.278. The van der Waals surface area contributed by atoms with Crippen LogP contribution in [0, 0.1) is 6.92 Å². The van der Waals surface area contributed by atoms with E-state index in [1.807, 2.05) is 18.2 Å². The molecule has 1 aromatic carbocycles. The molecule has 1 aliphatic rings. The van der Waals surface area contributed by atoms with Gasteiger partial charge in [-0.05, 0) is 20.8 Å². The van der Waals surface area contributed by atoms with Gasteiger partial charge in [-0.1, -0.05) is 35.9 Å². The van der Waals surface area contributed by atoms with Crippen molar-refractivity contribution in [2.75, 3.05) is 0 Å². The number of rotatable bonds is 0. The first kappa shape index (κ1) is 15.2. The number of carbonyl (C=O) groups excluding carboxylic acids is 2. The van der Waals surface area contributed by atoms with Crippen LogP contribution in [0.3, 0.4) is 0 Å². The van der Waals surface area contributed by atoms with Crippen LogP contribution in [0.1, 0.15) is 19.4 Å². The predicted octanol–water partition coefficient (Wildman–Crippen LogP) is 3.64. The predicted molar refractivity (Wildman–Crippen MR) is 77.2 cm³/mol. The monoisotopic (exact) mass is 376 g/mol. The first-order valence-corrected chi connectivity index (χ1v) is 6.72. The van der Waals surface area contributed by atoms with Gasteiger partial charge in [0.2, 0.25) is 0 Å². The number of benzene rings is 1. The van der Waals surface area contributed by atoms with Crippen LogP contribution >= 0.6 is 32.3 Å². The van der Waals surface area contributed by atoms with Crippen LogP contribution in [0.15, 0.2) is 30.3 Å². The van der Waals surface area contributed by atoms with Crippen molar-refractivity contribution in [3.63, 3.8) is 0 Å². The molecule has 0 spiro atoms. The Balaban J connectivity index is 0.000000199. The van der Waals surface area contributed by atoms with E-state index in [0.29, 0.717) is 0 Å². The van der Waals surface area contributed by atoms with E-state index < -0.39 is 11.6 Å². The van der Waals surface area contributed by atoms with E-state index in [9.17, 15) is 9.59 Å². The van der Waals surface area contributed by atoms with Gasteiger partial charge in [0.1, 0.15) is 5.54 Å². The van der Waals surface area contributed by atoms with Crippen LogP contribution < -0.4 is 0 Å². The van der Waals surface area contributed by atoms with Gasteiger partial charge in [-0.15, -0.1) is 0 Å². The van der Waals surface area contributed by atoms with Gasteiger partial charge in [-0.2, -0.15) is 3.93 Å². The third kappa shape index (κ3) is 3.11. The summed E-state index contributed by atoms with van der Waals surface area (Å²) >= 11 is 5.84. The van der Waals surface area contributed by atoms with Crippen molar-refractivity contribution in [3.8, 4) is 0 Å². The fraction of sp³-hybridized carbons (Fsp3) is 0.333. The lowest BCUT2D eigenvalue weighted by atomic mass is 10.1. The zero-order valence-electron chi connectivity index (χ0n) is 10.4. The van der Waals surface area contributed by atoms with Crippen molar-refractivity contribution in [3.05, 3.63) is 35.9 Å². The first-order chi connectivity index (χ1) is 8.28. The second kappa shape index (κ2) is 5.84. The average molecular weight is 378 g/mol. The summed E-state index contributed by atoms with van der Waals surface area (Å²) in [7, 11) is 0. The van der Waals surface area contributed by atoms with Crippen molar-refractivity contribution in [2.24, 2.45) is 0 Å². The van der Waals surface area contributed by atoms with Gasteiger partial charge in [0, 0.05) is 0 Å². The number of hydrogen-bond acceptors (Lipinski definition) is 2. The smallest absolute Gasteiger partial charge is 0.271 e. The highest BCUT2D eigenvalue weighted by Crippen LogP contribution is 2.32. The number of imide groups is 1. The molecule has 1 aliphatic heterocycles. The van der Waals surface area contributed by atoms with E-state index >= 15 is 0 Å². The zero-order chi connectivity index (χ0) is 13.9. The van der Waals surface area contributed by atoms with Crippen LogP contribution in [-0.4, -0.2) is 25.3 Å². The minimum Gasteiger partial charge on any atom is -0.271 e. The highest BCUT2D eigenvalue weighted by Gasteiger charge is 2.50. The van der Waals surface area contributed by atoms with Gasteiger partial charge < -0.3 is 0 Å². The molecule has 6 heteroatoms. The van der Waals surface area contributed by atoms with E-state index in [-0.39, 0.29) is 5.91 Å². The average Bonchev–Trinajstić information content (AvgIpc) is 2.47. The van der Waals surface area contributed by atoms with Crippen molar-refractivity contribution in [2.45, 2.75) is 26.3 Å². The second-order valence-corrected chi connectivity index (χ2v) is 5.78. The summed E-state index contributed by atoms with van der Waals surface area (Å²) in [6.07, 6.45) is 0. The quantitative estimate of drug-likeness (QED) is 0.511. The highest BCUT2D eigenvalue weighted by molar-refractivity contribution is 9.08. The normalized spacial score (nSPS) is 17.6. The van der Waals surface area contributed by atoms with E-state index in [4.69, 9.17) is 0 Å². The van der Waals surface area contributed by atoms with Gasteiger partial charge >= 0.3 is 6.03 Å². The SMILES string of the molecule is CC1(C)C(=O)N(Br)C(=O)N1Br.Cc1ccccc1. The van der Waals surface area contributed by atoms with Gasteiger partial charge in [0.05, 0.1) is 32.3 Å². The summed E-state index contributed by atoms with van der Waals surface area (Å²) in [4.78, 5) is 22.3. The number of halogens is 2. The molecule has 0 saturated carbocycles. The highest BCUT2D eigenvalue weighted by atomic mass is 79.9. The molecule has 0 bridgehead atoms. The molecule has 1 aromatic rings. The van der Waals surface area contributed by atoms with Gasteiger partial charge in [0.15, 0.2) is 0 Å². The maximum atomic E-state index is 11.2. The summed E-state index contributed by atoms with van der Waals surface area (Å²) in [6.45, 7) is 5.40. The molecule has 3 amide bonds. The molecule has 1 fully saturated rings. The van der Waals surface area contributed by atoms with Crippen LogP contribution in [0.5, 0.6) is 0 Å². The Labute approximate surface area is 124 Å². The van der Waals surface area contributed by atoms with Gasteiger partial charge in [-0.3, -0.25) is 4.79 Å². The Morgan fingerprint density at radius 3 is 1.72 bits per heavy atom. The summed E-state index contributed by atoms with van der Waals surface area (Å²) in [5, 5.41) is 0. The number of carbonyl (C=O) groups is 2. The number of hydrogen-bond donors (Lipinski definition) is 0. The topological polar surface area (TPSA) is 40.6 Å². The molecule has 0 aliphatic carbocycles. The Hall–Kier alpha value is -0.880. The minimum atomic E-state index is -0.805. The molecule has 0 unspecified atom stereocenters. The van der Waals surface area contributed by atoms with Crippen LogP contribution in [0.25, 0.3) is 0 Å². The van der Waals surface area contributed by atoms with Crippen molar-refractivity contribution in [1.29, 1.82) is 0 Å². The summed E-state index contributed by atoms with van der Waals surface area (Å²) in [5.74, 6) is -0.278. The molecule has 0 N–H and O–H groups in total. The zero-order valence-corrected chi connectivity index (χ0v) is 13.5. The standard InChI is InChI=1S/C7H8.C5H6Br2N2O2/c1-7-5-3-2-4-6-7;1-5(2)3(10)8(6)4(11)9(5)7/h2-6H,1H3;1-2H3. The summed E-state index contributed by atoms with van der Waals surface area (Å²) < 4.78 is 2.11. The maximum Gasteiger partial charge on any atom is 0.348 e. The fourth-order valence-corrected chi connectivity index (χ4v) is 2.38. The van der Waals surface area contributed by atoms with Crippen LogP contribution in [-0.2, 0) is 4.79 Å². The van der Waals surface area contributed by atoms with Gasteiger partial charge in [-0.25, -0.2) is 8.72 Å². The molecular formula is C12H14Br2N2O2. The second-order valence-electron chi connectivity index (χ2n) is 4.36. The Morgan fingerprint density at radius 2 is 1.56 bits per heavy atom. The van der Waals surface area contributed by atoms with E-state index in [0.717, 1.165) is 3.93 Å². The van der Waals surface area contributed by atoms with E-state index in [1.54, 1.807) is 13.8 Å². The maximum absolute atomic E-state index is 11.2. The van der Waals surface area contributed by atoms with E-state index in [1.165, 1.54) is 9.49 Å². The summed E-state index contributed by atoms with van der Waals surface area (Å²) in [5.41, 5.74) is 0.517. The number of aryl methyl sites for hydroxylation is 1. The molecule has 0 atom stereocenters. The largest absolute Gasteiger partial charge is 0.348 e. The lowest BCUT2D eigenvalue weighted by molar-refractivity contribution is -0.127. The molecule has 2 rings (SSSR count). The van der Waals surface area contributed by atoms with Crippen LogP contribution in [0.4, 0.5) is 4.79 Å². The molecule has 4 nitrogen and oxygen atoms in total. The Bertz CT molecular complexity index is 449. The molecule has 1 heterocycles. The first-order valence-electron chi connectivity index (χ1n) is 5.30. The van der Waals surface area contributed by atoms with Gasteiger partial charge in [0.25, 0.3) is 5.91 Å². The lowest BCUT2D eigenvalue weighted by Crippen LogP contribution is -2.37. The molecular weight excluding hydrogens is 364 g/mol. The molecule has 1 saturated heterocycles. The molecule has 98 valence electrons. The number of nitrogens with zero attached hydrogens (tertiary/aromatic N) is 2. The number of amides is 3. The molecule has 18 heavy (non-hydrogen) atoms.